The lowest BCUT2D eigenvalue weighted by atomic mass is 9.74. The standard InChI is InChI=1S/C25H27F6NO2/c1-15(17-12-18(24(26,27)28)14-19(13-17)25(29,30)31)34-23-22(16-6-4-3-5-7-16)20(9-11-33-23)21-8-10-32(21)2/h3-7,12-15,20-23H,8-11H2,1-2H3/t15-,20+,21+,22+,23-/m1/s1. The van der Waals surface area contributed by atoms with Crippen LogP contribution in [0.25, 0.3) is 0 Å². The topological polar surface area (TPSA) is 21.7 Å². The SMILES string of the molecule is C[C@@H](O[C@H]1OCC[C@@H]([C@@H]2CCN2C)[C@@H]1c1ccccc1)c1cc(C(F)(F)F)cc(C(F)(F)F)c1. The van der Waals surface area contributed by atoms with Crippen molar-refractivity contribution in [1.29, 1.82) is 0 Å². The molecule has 2 aromatic carbocycles. The van der Waals surface area contributed by atoms with E-state index in [1.165, 1.54) is 6.92 Å². The predicted octanol–water partition coefficient (Wildman–Crippen LogP) is 6.65. The van der Waals surface area contributed by atoms with E-state index in [1.54, 1.807) is 0 Å². The second kappa shape index (κ2) is 9.51. The van der Waals surface area contributed by atoms with E-state index in [9.17, 15) is 26.3 Å². The van der Waals surface area contributed by atoms with Gasteiger partial charge in [-0.2, -0.15) is 26.3 Å². The molecule has 0 unspecified atom stereocenters. The number of halogens is 6. The summed E-state index contributed by atoms with van der Waals surface area (Å²) in [6.07, 6.45) is -9.85. The Morgan fingerprint density at radius 2 is 1.56 bits per heavy atom. The van der Waals surface area contributed by atoms with Crippen molar-refractivity contribution in [3.8, 4) is 0 Å². The van der Waals surface area contributed by atoms with Crippen molar-refractivity contribution in [1.82, 2.24) is 4.90 Å². The number of nitrogens with zero attached hydrogens (tertiary/aromatic N) is 1. The fraction of sp³-hybridized carbons (Fsp3) is 0.520. The van der Waals surface area contributed by atoms with Gasteiger partial charge in [-0.3, -0.25) is 0 Å². The minimum Gasteiger partial charge on any atom is -0.352 e. The average Bonchev–Trinajstić information content (AvgIpc) is 2.77. The first kappa shape index (κ1) is 25.0. The van der Waals surface area contributed by atoms with Gasteiger partial charge in [0.25, 0.3) is 0 Å². The highest BCUT2D eigenvalue weighted by molar-refractivity contribution is 5.35. The number of rotatable bonds is 5. The average molecular weight is 487 g/mol. The molecular weight excluding hydrogens is 460 g/mol. The lowest BCUT2D eigenvalue weighted by Crippen LogP contribution is -2.54. The molecule has 2 aliphatic rings. The highest BCUT2D eigenvalue weighted by Crippen LogP contribution is 2.44. The number of ether oxygens (including phenoxy) is 2. The molecule has 0 radical (unpaired) electrons. The molecule has 3 nitrogen and oxygen atoms in total. The molecule has 4 rings (SSSR count). The van der Waals surface area contributed by atoms with E-state index in [0.29, 0.717) is 12.6 Å². The van der Waals surface area contributed by atoms with Gasteiger partial charge in [-0.15, -0.1) is 0 Å². The van der Waals surface area contributed by atoms with Crippen molar-refractivity contribution in [2.45, 2.75) is 56.5 Å². The fourth-order valence-corrected chi connectivity index (χ4v) is 5.01. The quantitative estimate of drug-likeness (QED) is 0.441. The van der Waals surface area contributed by atoms with Crippen LogP contribution in [0, 0.1) is 5.92 Å². The molecule has 5 atom stereocenters. The first-order valence-electron chi connectivity index (χ1n) is 11.3. The molecule has 0 saturated carbocycles. The molecule has 2 aliphatic heterocycles. The third-order valence-electron chi connectivity index (χ3n) is 6.93. The van der Waals surface area contributed by atoms with E-state index >= 15 is 0 Å². The van der Waals surface area contributed by atoms with Gasteiger partial charge in [0.2, 0.25) is 0 Å². The van der Waals surface area contributed by atoms with Gasteiger partial charge >= 0.3 is 12.4 Å². The number of benzene rings is 2. The van der Waals surface area contributed by atoms with E-state index in [0.717, 1.165) is 37.1 Å². The first-order chi connectivity index (χ1) is 15.9. The minimum absolute atomic E-state index is 0.128. The smallest absolute Gasteiger partial charge is 0.352 e. The van der Waals surface area contributed by atoms with E-state index in [4.69, 9.17) is 9.47 Å². The van der Waals surface area contributed by atoms with E-state index in [1.807, 2.05) is 37.4 Å². The fourth-order valence-electron chi connectivity index (χ4n) is 5.01. The Hall–Kier alpha value is -2.10. The predicted molar refractivity (Wildman–Crippen MR) is 114 cm³/mol. The van der Waals surface area contributed by atoms with Crippen molar-refractivity contribution in [2.75, 3.05) is 20.2 Å². The summed E-state index contributed by atoms with van der Waals surface area (Å²) in [6.45, 7) is 2.85. The molecule has 2 heterocycles. The van der Waals surface area contributed by atoms with E-state index in [2.05, 4.69) is 4.90 Å². The Labute approximate surface area is 194 Å². The van der Waals surface area contributed by atoms with Crippen LogP contribution in [0.15, 0.2) is 48.5 Å². The Kier molecular flexibility index (Phi) is 6.99. The summed E-state index contributed by atoms with van der Waals surface area (Å²) in [5.41, 5.74) is -1.93. The van der Waals surface area contributed by atoms with Crippen LogP contribution in [0.1, 0.15) is 54.0 Å². The van der Waals surface area contributed by atoms with Crippen molar-refractivity contribution in [2.24, 2.45) is 5.92 Å². The molecule has 2 aromatic rings. The second-order valence-corrected chi connectivity index (χ2v) is 9.08. The van der Waals surface area contributed by atoms with Crippen LogP contribution >= 0.6 is 0 Å². The summed E-state index contributed by atoms with van der Waals surface area (Å²) in [5, 5.41) is 0. The Balaban J connectivity index is 1.65. The lowest BCUT2D eigenvalue weighted by Gasteiger charge is -2.49. The molecule has 2 saturated heterocycles. The molecule has 0 spiro atoms. The zero-order chi connectivity index (χ0) is 24.7. The lowest BCUT2D eigenvalue weighted by molar-refractivity contribution is -0.217. The van der Waals surface area contributed by atoms with Crippen molar-refractivity contribution >= 4 is 0 Å². The molecule has 186 valence electrons. The molecule has 0 N–H and O–H groups in total. The van der Waals surface area contributed by atoms with Gasteiger partial charge in [0.15, 0.2) is 6.29 Å². The van der Waals surface area contributed by atoms with Crippen LogP contribution < -0.4 is 0 Å². The molecule has 34 heavy (non-hydrogen) atoms. The second-order valence-electron chi connectivity index (χ2n) is 9.08. The molecule has 0 aromatic heterocycles. The molecule has 0 bridgehead atoms. The minimum atomic E-state index is -4.91. The van der Waals surface area contributed by atoms with Gasteiger partial charge in [0.1, 0.15) is 0 Å². The van der Waals surface area contributed by atoms with Gasteiger partial charge < -0.3 is 14.4 Å². The van der Waals surface area contributed by atoms with E-state index < -0.39 is 35.9 Å². The van der Waals surface area contributed by atoms with Crippen molar-refractivity contribution in [3.05, 3.63) is 70.8 Å². The maximum Gasteiger partial charge on any atom is 0.416 e. The highest BCUT2D eigenvalue weighted by atomic mass is 19.4. The normalized spacial score (nSPS) is 27.3. The van der Waals surface area contributed by atoms with Crippen molar-refractivity contribution < 1.29 is 35.8 Å². The van der Waals surface area contributed by atoms with Crippen LogP contribution in [0.2, 0.25) is 0 Å². The third-order valence-corrected chi connectivity index (χ3v) is 6.93. The first-order valence-corrected chi connectivity index (χ1v) is 11.3. The zero-order valence-corrected chi connectivity index (χ0v) is 18.9. The number of likely N-dealkylation sites (tertiary alicyclic amines) is 1. The Morgan fingerprint density at radius 3 is 2.06 bits per heavy atom. The molecule has 0 aliphatic carbocycles. The Morgan fingerprint density at radius 1 is 0.941 bits per heavy atom. The largest absolute Gasteiger partial charge is 0.416 e. The van der Waals surface area contributed by atoms with Crippen LogP contribution in [0.3, 0.4) is 0 Å². The summed E-state index contributed by atoms with van der Waals surface area (Å²) in [5.74, 6) is -0.00243. The van der Waals surface area contributed by atoms with Gasteiger partial charge in [0.05, 0.1) is 23.8 Å². The monoisotopic (exact) mass is 487 g/mol. The molecule has 9 heteroatoms. The number of alkyl halides is 6. The summed E-state index contributed by atoms with van der Waals surface area (Å²) >= 11 is 0. The highest BCUT2D eigenvalue weighted by Gasteiger charge is 2.45. The van der Waals surface area contributed by atoms with Gasteiger partial charge in [-0.1, -0.05) is 30.3 Å². The van der Waals surface area contributed by atoms with E-state index in [-0.39, 0.29) is 23.5 Å². The maximum atomic E-state index is 13.3. The number of hydrogen-bond donors (Lipinski definition) is 0. The molecule has 2 fully saturated rings. The molecular formula is C25H27F6NO2. The maximum absolute atomic E-state index is 13.3. The zero-order valence-electron chi connectivity index (χ0n) is 18.9. The van der Waals surface area contributed by atoms with Gasteiger partial charge in [-0.05, 0) is 68.6 Å². The molecule has 0 amide bonds. The third kappa shape index (κ3) is 5.26. The number of hydrogen-bond acceptors (Lipinski definition) is 3. The van der Waals surface area contributed by atoms with Crippen LogP contribution in [-0.4, -0.2) is 37.4 Å². The van der Waals surface area contributed by atoms with Gasteiger partial charge in [-0.25, -0.2) is 0 Å². The Bertz CT molecular complexity index is 945. The summed E-state index contributed by atoms with van der Waals surface area (Å²) in [7, 11) is 2.05. The van der Waals surface area contributed by atoms with Crippen LogP contribution in [0.5, 0.6) is 0 Å². The van der Waals surface area contributed by atoms with Crippen molar-refractivity contribution in [3.63, 3.8) is 0 Å². The van der Waals surface area contributed by atoms with Gasteiger partial charge in [0, 0.05) is 12.0 Å². The summed E-state index contributed by atoms with van der Waals surface area (Å²) < 4.78 is 92.0. The summed E-state index contributed by atoms with van der Waals surface area (Å²) in [6, 6.07) is 11.5. The van der Waals surface area contributed by atoms with Crippen LogP contribution in [-0.2, 0) is 21.8 Å². The summed E-state index contributed by atoms with van der Waals surface area (Å²) in [4.78, 5) is 2.26. The van der Waals surface area contributed by atoms with Crippen LogP contribution in [0.4, 0.5) is 26.3 Å².